The molecule has 0 saturated carbocycles. The minimum Gasteiger partial charge on any atom is -0.481 e. The Bertz CT molecular complexity index is 258. The molecule has 0 fully saturated rings. The Balaban J connectivity index is 3.62. The van der Waals surface area contributed by atoms with Crippen molar-refractivity contribution in [3.63, 3.8) is 0 Å². The summed E-state index contributed by atoms with van der Waals surface area (Å²) >= 11 is 0. The maximum Gasteiger partial charge on any atom is 0.306 e. The molecule has 0 radical (unpaired) electrons. The van der Waals surface area contributed by atoms with Crippen LogP contribution in [0.1, 0.15) is 40.0 Å². The Morgan fingerprint density at radius 1 is 1.18 bits per heavy atom. The summed E-state index contributed by atoms with van der Waals surface area (Å²) in [5, 5.41) is 8.50. The summed E-state index contributed by atoms with van der Waals surface area (Å²) in [6.07, 6.45) is 1.18. The van der Waals surface area contributed by atoms with E-state index in [9.17, 15) is 9.59 Å². The number of esters is 1. The largest absolute Gasteiger partial charge is 0.481 e. The van der Waals surface area contributed by atoms with Crippen LogP contribution in [-0.2, 0) is 14.3 Å². The third-order valence-electron chi connectivity index (χ3n) is 2.05. The maximum atomic E-state index is 11.4. The molecule has 0 heterocycles. The second-order valence-electron chi connectivity index (χ2n) is 5.14. The molecule has 0 aromatic rings. The lowest BCUT2D eigenvalue weighted by atomic mass is 10.2. The number of hydrogen-bond acceptors (Lipinski definition) is 4. The van der Waals surface area contributed by atoms with Crippen LogP contribution in [-0.4, -0.2) is 47.7 Å². The van der Waals surface area contributed by atoms with Gasteiger partial charge in [-0.2, -0.15) is 0 Å². The van der Waals surface area contributed by atoms with Crippen molar-refractivity contribution in [2.45, 2.75) is 45.6 Å². The molecule has 0 saturated heterocycles. The van der Waals surface area contributed by atoms with Crippen LogP contribution < -0.4 is 0 Å². The van der Waals surface area contributed by atoms with Crippen molar-refractivity contribution in [2.75, 3.05) is 20.1 Å². The fourth-order valence-corrected chi connectivity index (χ4v) is 1.28. The van der Waals surface area contributed by atoms with Gasteiger partial charge in [0.05, 0.1) is 6.42 Å². The first-order chi connectivity index (χ1) is 7.70. The van der Waals surface area contributed by atoms with Crippen molar-refractivity contribution in [1.82, 2.24) is 4.90 Å². The molecule has 5 heteroatoms. The van der Waals surface area contributed by atoms with Gasteiger partial charge in [-0.1, -0.05) is 0 Å². The first-order valence-corrected chi connectivity index (χ1v) is 5.83. The molecular formula is C12H23NO4. The lowest BCUT2D eigenvalue weighted by molar-refractivity contribution is -0.155. The van der Waals surface area contributed by atoms with Crippen LogP contribution in [0.25, 0.3) is 0 Å². The summed E-state index contributed by atoms with van der Waals surface area (Å²) < 4.78 is 5.17. The first kappa shape index (κ1) is 15.9. The first-order valence-electron chi connectivity index (χ1n) is 5.83. The molecule has 0 atom stereocenters. The van der Waals surface area contributed by atoms with E-state index < -0.39 is 11.6 Å². The Kier molecular flexibility index (Phi) is 6.80. The zero-order valence-corrected chi connectivity index (χ0v) is 11.2. The van der Waals surface area contributed by atoms with Crippen LogP contribution in [0.3, 0.4) is 0 Å². The van der Waals surface area contributed by atoms with E-state index in [1.165, 1.54) is 0 Å². The SMILES string of the molecule is CN(CCCC(=O)OC(C)(C)C)CCC(=O)O. The zero-order valence-electron chi connectivity index (χ0n) is 11.2. The highest BCUT2D eigenvalue weighted by atomic mass is 16.6. The van der Waals surface area contributed by atoms with Crippen molar-refractivity contribution in [3.8, 4) is 0 Å². The number of hydrogen-bond donors (Lipinski definition) is 1. The molecule has 0 aliphatic rings. The number of carboxylic acid groups (broad SMARTS) is 1. The minimum atomic E-state index is -0.802. The molecule has 5 nitrogen and oxygen atoms in total. The topological polar surface area (TPSA) is 66.8 Å². The van der Waals surface area contributed by atoms with E-state index in [1.54, 1.807) is 0 Å². The number of nitrogens with zero attached hydrogens (tertiary/aromatic N) is 1. The predicted molar refractivity (Wildman–Crippen MR) is 64.8 cm³/mol. The number of carbonyl (C=O) groups is 2. The van der Waals surface area contributed by atoms with Gasteiger partial charge in [-0.3, -0.25) is 9.59 Å². The quantitative estimate of drug-likeness (QED) is 0.689. The van der Waals surface area contributed by atoms with Crippen LogP contribution in [0.2, 0.25) is 0 Å². The number of carbonyl (C=O) groups excluding carboxylic acids is 1. The fourth-order valence-electron chi connectivity index (χ4n) is 1.28. The molecule has 0 aliphatic carbocycles. The third kappa shape index (κ3) is 11.2. The molecule has 0 aliphatic heterocycles. The highest BCUT2D eigenvalue weighted by molar-refractivity contribution is 5.69. The van der Waals surface area contributed by atoms with Gasteiger partial charge in [0.2, 0.25) is 0 Å². The summed E-state index contributed by atoms with van der Waals surface area (Å²) in [5.74, 6) is -1.01. The van der Waals surface area contributed by atoms with Gasteiger partial charge in [0.1, 0.15) is 5.60 Å². The van der Waals surface area contributed by atoms with Crippen LogP contribution in [0.5, 0.6) is 0 Å². The van der Waals surface area contributed by atoms with E-state index in [0.29, 0.717) is 25.9 Å². The highest BCUT2D eigenvalue weighted by Crippen LogP contribution is 2.09. The summed E-state index contributed by atoms with van der Waals surface area (Å²) in [7, 11) is 1.85. The van der Waals surface area contributed by atoms with E-state index in [2.05, 4.69) is 0 Å². The molecular weight excluding hydrogens is 222 g/mol. The molecule has 0 aromatic heterocycles. The molecule has 0 aromatic carbocycles. The predicted octanol–water partition coefficient (Wildman–Crippen LogP) is 1.51. The molecule has 0 unspecified atom stereocenters. The second-order valence-corrected chi connectivity index (χ2v) is 5.14. The number of ether oxygens (including phenoxy) is 1. The Labute approximate surface area is 103 Å². The molecule has 0 rings (SSSR count). The van der Waals surface area contributed by atoms with Gasteiger partial charge in [-0.05, 0) is 40.8 Å². The summed E-state index contributed by atoms with van der Waals surface area (Å²) in [5.41, 5.74) is -0.438. The van der Waals surface area contributed by atoms with Crippen molar-refractivity contribution < 1.29 is 19.4 Å². The van der Waals surface area contributed by atoms with Crippen LogP contribution in [0.4, 0.5) is 0 Å². The van der Waals surface area contributed by atoms with Gasteiger partial charge in [0.15, 0.2) is 0 Å². The normalized spacial score (nSPS) is 11.6. The average Bonchev–Trinajstić information content (AvgIpc) is 2.11. The number of rotatable bonds is 7. The molecule has 100 valence electrons. The van der Waals surface area contributed by atoms with E-state index in [1.807, 2.05) is 32.7 Å². The summed E-state index contributed by atoms with van der Waals surface area (Å²) in [6, 6.07) is 0. The molecule has 17 heavy (non-hydrogen) atoms. The molecule has 0 spiro atoms. The lowest BCUT2D eigenvalue weighted by Gasteiger charge is -2.20. The van der Waals surface area contributed by atoms with E-state index in [0.717, 1.165) is 0 Å². The number of carboxylic acids is 1. The van der Waals surface area contributed by atoms with Gasteiger partial charge in [0.25, 0.3) is 0 Å². The van der Waals surface area contributed by atoms with Crippen LogP contribution in [0.15, 0.2) is 0 Å². The van der Waals surface area contributed by atoms with Gasteiger partial charge in [0, 0.05) is 13.0 Å². The Hall–Kier alpha value is -1.10. The monoisotopic (exact) mass is 245 g/mol. The van der Waals surface area contributed by atoms with Crippen molar-refractivity contribution in [1.29, 1.82) is 0 Å². The Morgan fingerprint density at radius 3 is 2.24 bits per heavy atom. The Morgan fingerprint density at radius 2 is 1.76 bits per heavy atom. The summed E-state index contributed by atoms with van der Waals surface area (Å²) in [4.78, 5) is 23.6. The smallest absolute Gasteiger partial charge is 0.306 e. The zero-order chi connectivity index (χ0) is 13.5. The minimum absolute atomic E-state index is 0.128. The standard InChI is InChI=1S/C12H23NO4/c1-12(2,3)17-11(16)6-5-8-13(4)9-7-10(14)15/h5-9H2,1-4H3,(H,14,15). The molecule has 1 N–H and O–H groups in total. The third-order valence-corrected chi connectivity index (χ3v) is 2.05. The summed E-state index contributed by atoms with van der Waals surface area (Å²) in [6.45, 7) is 6.72. The van der Waals surface area contributed by atoms with Gasteiger partial charge in [-0.15, -0.1) is 0 Å². The van der Waals surface area contributed by atoms with E-state index in [4.69, 9.17) is 9.84 Å². The maximum absolute atomic E-state index is 11.4. The van der Waals surface area contributed by atoms with Crippen molar-refractivity contribution >= 4 is 11.9 Å². The average molecular weight is 245 g/mol. The highest BCUT2D eigenvalue weighted by Gasteiger charge is 2.15. The van der Waals surface area contributed by atoms with Gasteiger partial charge in [-0.25, -0.2) is 0 Å². The fraction of sp³-hybridized carbons (Fsp3) is 0.833. The van der Waals surface area contributed by atoms with Crippen molar-refractivity contribution in [3.05, 3.63) is 0 Å². The lowest BCUT2D eigenvalue weighted by Crippen LogP contribution is -2.26. The van der Waals surface area contributed by atoms with Crippen molar-refractivity contribution in [2.24, 2.45) is 0 Å². The van der Waals surface area contributed by atoms with E-state index >= 15 is 0 Å². The molecule has 0 bridgehead atoms. The van der Waals surface area contributed by atoms with E-state index in [-0.39, 0.29) is 12.4 Å². The van der Waals surface area contributed by atoms with Gasteiger partial charge >= 0.3 is 11.9 Å². The van der Waals surface area contributed by atoms with Gasteiger partial charge < -0.3 is 14.7 Å². The second kappa shape index (κ2) is 7.27. The number of aliphatic carboxylic acids is 1. The van der Waals surface area contributed by atoms with Crippen LogP contribution >= 0.6 is 0 Å². The van der Waals surface area contributed by atoms with Crippen LogP contribution in [0, 0.1) is 0 Å². The molecule has 0 amide bonds.